The third-order valence-electron chi connectivity index (χ3n) is 5.35. The molecule has 0 radical (unpaired) electrons. The number of hydrogen-bond acceptors (Lipinski definition) is 3. The van der Waals surface area contributed by atoms with Gasteiger partial charge in [0.1, 0.15) is 17.8 Å². The minimum absolute atomic E-state index is 0.0000806. The number of carbonyl (C=O) groups excluding carboxylic acids is 2. The number of likely N-dealkylation sites (tertiary alicyclic amines) is 1. The number of halogens is 3. The lowest BCUT2D eigenvalue weighted by atomic mass is 9.81. The number of fused-ring (bicyclic) bond motifs is 2. The van der Waals surface area contributed by atoms with Gasteiger partial charge in [0.2, 0.25) is 11.8 Å². The van der Waals surface area contributed by atoms with Crippen LogP contribution in [-0.4, -0.2) is 40.9 Å². The normalized spacial score (nSPS) is 20.7. The highest BCUT2D eigenvalue weighted by Gasteiger charge is 2.57. The molecule has 2 aromatic rings. The average Bonchev–Trinajstić information content (AvgIpc) is 3.08. The van der Waals surface area contributed by atoms with Crippen molar-refractivity contribution in [2.45, 2.75) is 18.4 Å². The van der Waals surface area contributed by atoms with Gasteiger partial charge in [-0.15, -0.1) is 0 Å². The van der Waals surface area contributed by atoms with Gasteiger partial charge in [-0.25, -0.2) is 4.39 Å². The molecule has 1 fully saturated rings. The quantitative estimate of drug-likeness (QED) is 0.797. The molecule has 0 bridgehead atoms. The van der Waals surface area contributed by atoms with Crippen LogP contribution in [0.4, 0.5) is 10.1 Å². The Labute approximate surface area is 175 Å². The Morgan fingerprint density at radius 2 is 1.83 bits per heavy atom. The molecule has 2 aliphatic heterocycles. The lowest BCUT2D eigenvalue weighted by molar-refractivity contribution is -0.137. The van der Waals surface area contributed by atoms with Gasteiger partial charge in [0.15, 0.2) is 0 Å². The smallest absolute Gasteiger partial charge is 0.323 e. The number of carboxylic acids is 1. The molecular weight excluding hydrogens is 422 g/mol. The van der Waals surface area contributed by atoms with Crippen LogP contribution in [0.2, 0.25) is 10.0 Å². The Bertz CT molecular complexity index is 1060. The summed E-state index contributed by atoms with van der Waals surface area (Å²) in [6.07, 6.45) is -0.141. The number of rotatable bonds is 4. The van der Waals surface area contributed by atoms with Gasteiger partial charge in [0.05, 0.1) is 0 Å². The first-order chi connectivity index (χ1) is 13.7. The molecule has 0 aromatic heterocycles. The summed E-state index contributed by atoms with van der Waals surface area (Å²) in [5, 5.41) is 9.92. The zero-order chi connectivity index (χ0) is 20.9. The van der Waals surface area contributed by atoms with Crippen LogP contribution < -0.4 is 4.90 Å². The van der Waals surface area contributed by atoms with Crippen LogP contribution in [0, 0.1) is 5.82 Å². The SMILES string of the molecule is O=C(O)CN1C(=O)[C@]2(CC(=O)N(Cc3cc(Cl)ccc3F)C2)c2cc(Cl)ccc21. The molecule has 150 valence electrons. The van der Waals surface area contributed by atoms with Crippen molar-refractivity contribution < 1.29 is 23.9 Å². The first-order valence-electron chi connectivity index (χ1n) is 8.77. The molecule has 9 heteroatoms. The van der Waals surface area contributed by atoms with Gasteiger partial charge in [0.25, 0.3) is 0 Å². The molecule has 1 spiro atoms. The molecule has 6 nitrogen and oxygen atoms in total. The second kappa shape index (κ2) is 7.00. The van der Waals surface area contributed by atoms with Crippen molar-refractivity contribution in [1.82, 2.24) is 4.90 Å². The predicted octanol–water partition coefficient (Wildman–Crippen LogP) is 3.23. The molecule has 1 N–H and O–H groups in total. The molecule has 0 aliphatic carbocycles. The van der Waals surface area contributed by atoms with Gasteiger partial charge in [-0.3, -0.25) is 14.4 Å². The number of carboxylic acid groups (broad SMARTS) is 1. The van der Waals surface area contributed by atoms with E-state index in [0.29, 0.717) is 21.3 Å². The van der Waals surface area contributed by atoms with E-state index in [1.807, 2.05) is 0 Å². The maximum atomic E-state index is 14.1. The Kier molecular flexibility index (Phi) is 4.75. The fourth-order valence-corrected chi connectivity index (χ4v) is 4.45. The Morgan fingerprint density at radius 1 is 1.14 bits per heavy atom. The van der Waals surface area contributed by atoms with Gasteiger partial charge < -0.3 is 14.9 Å². The zero-order valence-corrected chi connectivity index (χ0v) is 16.5. The van der Waals surface area contributed by atoms with E-state index in [9.17, 15) is 23.9 Å². The van der Waals surface area contributed by atoms with Crippen molar-refractivity contribution in [3.63, 3.8) is 0 Å². The summed E-state index contributed by atoms with van der Waals surface area (Å²) in [5.74, 6) is -2.48. The van der Waals surface area contributed by atoms with E-state index in [4.69, 9.17) is 23.2 Å². The molecule has 2 heterocycles. The van der Waals surface area contributed by atoms with E-state index in [-0.39, 0.29) is 31.0 Å². The predicted molar refractivity (Wildman–Crippen MR) is 105 cm³/mol. The van der Waals surface area contributed by atoms with Gasteiger partial charge in [-0.2, -0.15) is 0 Å². The van der Waals surface area contributed by atoms with Crippen LogP contribution in [0.3, 0.4) is 0 Å². The van der Waals surface area contributed by atoms with E-state index in [1.165, 1.54) is 23.1 Å². The Morgan fingerprint density at radius 3 is 2.55 bits per heavy atom. The lowest BCUT2D eigenvalue weighted by Gasteiger charge is -2.24. The molecule has 2 amide bonds. The minimum Gasteiger partial charge on any atom is -0.480 e. The van der Waals surface area contributed by atoms with Gasteiger partial charge in [-0.05, 0) is 42.0 Å². The average molecular weight is 437 g/mol. The maximum absolute atomic E-state index is 14.1. The topological polar surface area (TPSA) is 77.9 Å². The second-order valence-electron chi connectivity index (χ2n) is 7.19. The highest BCUT2D eigenvalue weighted by atomic mass is 35.5. The van der Waals surface area contributed by atoms with Crippen LogP contribution in [0.25, 0.3) is 0 Å². The second-order valence-corrected chi connectivity index (χ2v) is 8.06. The van der Waals surface area contributed by atoms with Crippen LogP contribution in [-0.2, 0) is 26.3 Å². The van der Waals surface area contributed by atoms with E-state index in [1.54, 1.807) is 18.2 Å². The highest BCUT2D eigenvalue weighted by molar-refractivity contribution is 6.31. The summed E-state index contributed by atoms with van der Waals surface area (Å²) in [5.41, 5.74) is -0.0759. The molecular formula is C20H15Cl2FN2O4. The van der Waals surface area contributed by atoms with Crippen molar-refractivity contribution in [3.05, 3.63) is 63.4 Å². The van der Waals surface area contributed by atoms with Crippen molar-refractivity contribution in [1.29, 1.82) is 0 Å². The van der Waals surface area contributed by atoms with Crippen LogP contribution in [0.15, 0.2) is 36.4 Å². The van der Waals surface area contributed by atoms with Gasteiger partial charge in [0, 0.05) is 40.8 Å². The monoisotopic (exact) mass is 436 g/mol. The van der Waals surface area contributed by atoms with Gasteiger partial charge >= 0.3 is 5.97 Å². The first kappa shape index (κ1) is 19.7. The van der Waals surface area contributed by atoms with E-state index < -0.39 is 29.7 Å². The van der Waals surface area contributed by atoms with Crippen molar-refractivity contribution in [2.75, 3.05) is 18.0 Å². The molecule has 0 saturated carbocycles. The summed E-state index contributed by atoms with van der Waals surface area (Å²) in [6, 6.07) is 8.81. The fourth-order valence-electron chi connectivity index (χ4n) is 4.08. The standard InChI is InChI=1S/C20H15Cl2FN2O4/c21-12-1-3-15(23)11(5-12)8-24-10-20(7-17(24)26)14-6-13(22)2-4-16(14)25(19(20)29)9-18(27)28/h1-6H,7-10H2,(H,27,28)/t20-/m0/s1. The van der Waals surface area contributed by atoms with Crippen molar-refractivity contribution in [2.24, 2.45) is 0 Å². The van der Waals surface area contributed by atoms with Crippen LogP contribution in [0.1, 0.15) is 17.5 Å². The third kappa shape index (κ3) is 3.24. The van der Waals surface area contributed by atoms with E-state index in [0.717, 1.165) is 4.90 Å². The summed E-state index contributed by atoms with van der Waals surface area (Å²) in [4.78, 5) is 39.8. The van der Waals surface area contributed by atoms with E-state index >= 15 is 0 Å². The summed E-state index contributed by atoms with van der Waals surface area (Å²) >= 11 is 12.1. The zero-order valence-electron chi connectivity index (χ0n) is 15.0. The largest absolute Gasteiger partial charge is 0.480 e. The summed E-state index contributed by atoms with van der Waals surface area (Å²) in [7, 11) is 0. The van der Waals surface area contributed by atoms with Crippen LogP contribution in [0.5, 0.6) is 0 Å². The number of aliphatic carboxylic acids is 1. The van der Waals surface area contributed by atoms with E-state index in [2.05, 4.69) is 0 Å². The number of benzene rings is 2. The molecule has 29 heavy (non-hydrogen) atoms. The third-order valence-corrected chi connectivity index (χ3v) is 5.82. The molecule has 4 rings (SSSR count). The van der Waals surface area contributed by atoms with Crippen molar-refractivity contribution >= 4 is 46.7 Å². The van der Waals surface area contributed by atoms with Gasteiger partial charge in [-0.1, -0.05) is 23.2 Å². The number of hydrogen-bond donors (Lipinski definition) is 1. The summed E-state index contributed by atoms with van der Waals surface area (Å²) in [6.45, 7) is -0.568. The lowest BCUT2D eigenvalue weighted by Crippen LogP contribution is -2.44. The molecule has 1 saturated heterocycles. The minimum atomic E-state index is -1.25. The molecule has 2 aromatic carbocycles. The fraction of sp³-hybridized carbons (Fsp3) is 0.250. The van der Waals surface area contributed by atoms with Crippen molar-refractivity contribution in [3.8, 4) is 0 Å². The molecule has 2 aliphatic rings. The first-order valence-corrected chi connectivity index (χ1v) is 9.52. The highest BCUT2D eigenvalue weighted by Crippen LogP contribution is 2.48. The summed E-state index contributed by atoms with van der Waals surface area (Å²) < 4.78 is 14.1. The number of anilines is 1. The number of amides is 2. The number of carbonyl (C=O) groups is 3. The number of nitrogens with zero attached hydrogens (tertiary/aromatic N) is 2. The molecule has 1 atom stereocenters. The van der Waals surface area contributed by atoms with Crippen LogP contribution >= 0.6 is 23.2 Å². The molecule has 0 unspecified atom stereocenters. The Hall–Kier alpha value is -2.64. The Balaban J connectivity index is 1.72. The maximum Gasteiger partial charge on any atom is 0.323 e.